The van der Waals surface area contributed by atoms with Crippen molar-refractivity contribution in [2.24, 2.45) is 5.14 Å². The van der Waals surface area contributed by atoms with E-state index < -0.39 is 26.8 Å². The molecule has 0 bridgehead atoms. The van der Waals surface area contributed by atoms with E-state index in [9.17, 15) is 17.2 Å². The molecule has 0 aliphatic carbocycles. The van der Waals surface area contributed by atoms with Gasteiger partial charge in [0.1, 0.15) is 0 Å². The molecule has 90 valence electrons. The van der Waals surface area contributed by atoms with Crippen LogP contribution in [0.4, 0.5) is 8.78 Å². The molecule has 3 N–H and O–H groups in total. The highest BCUT2D eigenvalue weighted by Gasteiger charge is 2.15. The molecule has 0 saturated carbocycles. The molecule has 0 radical (unpaired) electrons. The number of sulfonamides is 1. The van der Waals surface area contributed by atoms with Crippen molar-refractivity contribution < 1.29 is 17.2 Å². The van der Waals surface area contributed by atoms with Gasteiger partial charge in [0.2, 0.25) is 0 Å². The van der Waals surface area contributed by atoms with Crippen molar-refractivity contribution in [2.75, 3.05) is 0 Å². The first kappa shape index (κ1) is 11.6. The summed E-state index contributed by atoms with van der Waals surface area (Å²) < 4.78 is 47.4. The van der Waals surface area contributed by atoms with Gasteiger partial charge in [-0.1, -0.05) is 0 Å². The molecule has 0 spiro atoms. The summed E-state index contributed by atoms with van der Waals surface area (Å²) in [5, 5.41) is 9.89. The molecule has 0 fully saturated rings. The van der Waals surface area contributed by atoms with Gasteiger partial charge in [-0.3, -0.25) is 0 Å². The fourth-order valence-electron chi connectivity index (χ4n) is 1.14. The third-order valence-electron chi connectivity index (χ3n) is 1.91. The summed E-state index contributed by atoms with van der Waals surface area (Å²) in [6.45, 7) is 0. The highest BCUT2D eigenvalue weighted by Crippen LogP contribution is 2.18. The Morgan fingerprint density at radius 1 is 1.24 bits per heavy atom. The second-order valence-electron chi connectivity index (χ2n) is 3.14. The Balaban J connectivity index is 2.47. The van der Waals surface area contributed by atoms with Crippen LogP contribution in [0.5, 0.6) is 0 Å². The Bertz CT molecular complexity index is 668. The number of nitrogens with zero attached hydrogens (tertiary/aromatic N) is 2. The van der Waals surface area contributed by atoms with Gasteiger partial charge in [-0.2, -0.15) is 10.1 Å². The lowest BCUT2D eigenvalue weighted by Gasteiger charge is -1.95. The molecule has 1 aromatic heterocycles. The summed E-state index contributed by atoms with van der Waals surface area (Å²) in [6, 6.07) is 2.96. The molecule has 0 unspecified atom stereocenters. The highest BCUT2D eigenvalue weighted by atomic mass is 32.2. The molecule has 17 heavy (non-hydrogen) atoms. The van der Waals surface area contributed by atoms with Gasteiger partial charge in [0, 0.05) is 5.56 Å². The molecule has 0 aliphatic rings. The summed E-state index contributed by atoms with van der Waals surface area (Å²) in [4.78, 5) is 3.55. The molecular weight excluding hydrogens is 254 g/mol. The molecule has 2 rings (SSSR count). The fourth-order valence-corrected chi connectivity index (χ4v) is 1.53. The summed E-state index contributed by atoms with van der Waals surface area (Å²) in [5.74, 6) is -2.19. The molecule has 0 amide bonds. The average Bonchev–Trinajstić information content (AvgIpc) is 2.70. The minimum Gasteiger partial charge on any atom is -0.248 e. The third kappa shape index (κ3) is 2.29. The van der Waals surface area contributed by atoms with E-state index in [2.05, 4.69) is 15.2 Å². The number of rotatable bonds is 2. The van der Waals surface area contributed by atoms with Crippen LogP contribution < -0.4 is 5.14 Å². The SMILES string of the molecule is NS(=O)(=O)c1nc(-c2ccc(F)c(F)c2)n[nH]1. The van der Waals surface area contributed by atoms with Crippen LogP contribution in [-0.4, -0.2) is 23.6 Å². The number of nitrogens with two attached hydrogens (primary N) is 1. The number of hydrogen-bond acceptors (Lipinski definition) is 4. The zero-order valence-corrected chi connectivity index (χ0v) is 9.00. The molecule has 2 aromatic rings. The quantitative estimate of drug-likeness (QED) is 0.815. The maximum atomic E-state index is 12.9. The smallest absolute Gasteiger partial charge is 0.248 e. The predicted molar refractivity (Wildman–Crippen MR) is 53.1 cm³/mol. The van der Waals surface area contributed by atoms with Gasteiger partial charge in [-0.15, -0.1) is 0 Å². The van der Waals surface area contributed by atoms with Crippen molar-refractivity contribution in [3.05, 3.63) is 29.8 Å². The van der Waals surface area contributed by atoms with Gasteiger partial charge < -0.3 is 0 Å². The molecule has 9 heteroatoms. The second kappa shape index (κ2) is 3.86. The number of aromatic amines is 1. The van der Waals surface area contributed by atoms with Gasteiger partial charge in [0.25, 0.3) is 15.2 Å². The highest BCUT2D eigenvalue weighted by molar-refractivity contribution is 7.89. The molecule has 1 heterocycles. The van der Waals surface area contributed by atoms with Crippen molar-refractivity contribution >= 4 is 10.0 Å². The van der Waals surface area contributed by atoms with Crippen LogP contribution in [0.1, 0.15) is 0 Å². The molecule has 0 aliphatic heterocycles. The summed E-state index contributed by atoms with van der Waals surface area (Å²) in [6.07, 6.45) is 0. The standard InChI is InChI=1S/C8H6F2N4O2S/c9-5-2-1-4(3-6(5)10)7-12-8(14-13-7)17(11,15)16/h1-3H,(H2,11,15,16)(H,12,13,14). The zero-order valence-electron chi connectivity index (χ0n) is 8.18. The number of hydrogen-bond donors (Lipinski definition) is 2. The van der Waals surface area contributed by atoms with Crippen LogP contribution >= 0.6 is 0 Å². The lowest BCUT2D eigenvalue weighted by molar-refractivity contribution is 0.509. The van der Waals surface area contributed by atoms with Gasteiger partial charge in [-0.05, 0) is 18.2 Å². The predicted octanol–water partition coefficient (Wildman–Crippen LogP) is 0.397. The Labute approximate surface area is 94.5 Å². The molecule has 0 saturated heterocycles. The first-order valence-electron chi connectivity index (χ1n) is 4.28. The van der Waals surface area contributed by atoms with E-state index in [1.165, 1.54) is 6.07 Å². The van der Waals surface area contributed by atoms with Crippen LogP contribution in [-0.2, 0) is 10.0 Å². The minimum atomic E-state index is -4.01. The van der Waals surface area contributed by atoms with Crippen LogP contribution in [0.15, 0.2) is 23.4 Å². The Kier molecular flexibility index (Phi) is 2.63. The number of H-pyrrole nitrogens is 1. The summed E-state index contributed by atoms with van der Waals surface area (Å²) in [7, 11) is -4.01. The van der Waals surface area contributed by atoms with Crippen LogP contribution in [0.25, 0.3) is 11.4 Å². The maximum Gasteiger partial charge on any atom is 0.273 e. The number of nitrogens with one attached hydrogen (secondary N) is 1. The maximum absolute atomic E-state index is 12.9. The van der Waals surface area contributed by atoms with Gasteiger partial charge in [0.05, 0.1) is 0 Å². The Morgan fingerprint density at radius 2 is 1.94 bits per heavy atom. The topological polar surface area (TPSA) is 102 Å². The first-order chi connectivity index (χ1) is 7.88. The number of halogens is 2. The lowest BCUT2D eigenvalue weighted by atomic mass is 10.2. The zero-order chi connectivity index (χ0) is 12.6. The number of primary sulfonamides is 1. The van der Waals surface area contributed by atoms with E-state index in [1.807, 2.05) is 0 Å². The average molecular weight is 260 g/mol. The van der Waals surface area contributed by atoms with E-state index in [-0.39, 0.29) is 11.4 Å². The van der Waals surface area contributed by atoms with Gasteiger partial charge in [-0.25, -0.2) is 27.4 Å². The number of benzene rings is 1. The van der Waals surface area contributed by atoms with E-state index >= 15 is 0 Å². The van der Waals surface area contributed by atoms with Crippen molar-refractivity contribution in [3.8, 4) is 11.4 Å². The van der Waals surface area contributed by atoms with Crippen molar-refractivity contribution in [1.29, 1.82) is 0 Å². The second-order valence-corrected chi connectivity index (χ2v) is 4.61. The van der Waals surface area contributed by atoms with Crippen molar-refractivity contribution in [3.63, 3.8) is 0 Å². The van der Waals surface area contributed by atoms with E-state index in [1.54, 1.807) is 0 Å². The van der Waals surface area contributed by atoms with Crippen molar-refractivity contribution in [2.45, 2.75) is 5.16 Å². The molecule has 6 nitrogen and oxygen atoms in total. The lowest BCUT2D eigenvalue weighted by Crippen LogP contribution is -2.13. The molecular formula is C8H6F2N4O2S. The molecule has 1 aromatic carbocycles. The van der Waals surface area contributed by atoms with Crippen LogP contribution in [0.3, 0.4) is 0 Å². The first-order valence-corrected chi connectivity index (χ1v) is 5.83. The largest absolute Gasteiger partial charge is 0.273 e. The summed E-state index contributed by atoms with van der Waals surface area (Å²) in [5.41, 5.74) is 0.134. The normalized spacial score (nSPS) is 11.7. The van der Waals surface area contributed by atoms with Crippen LogP contribution in [0.2, 0.25) is 0 Å². The fraction of sp³-hybridized carbons (Fsp3) is 0. The third-order valence-corrected chi connectivity index (χ3v) is 2.63. The van der Waals surface area contributed by atoms with Gasteiger partial charge in [0.15, 0.2) is 17.5 Å². The monoisotopic (exact) mass is 260 g/mol. The minimum absolute atomic E-state index is 0.0899. The summed E-state index contributed by atoms with van der Waals surface area (Å²) >= 11 is 0. The Morgan fingerprint density at radius 3 is 2.47 bits per heavy atom. The van der Waals surface area contributed by atoms with Gasteiger partial charge >= 0.3 is 0 Å². The number of aromatic nitrogens is 3. The molecule has 0 atom stereocenters. The van der Waals surface area contributed by atoms with E-state index in [0.717, 1.165) is 12.1 Å². The van der Waals surface area contributed by atoms with Crippen molar-refractivity contribution in [1.82, 2.24) is 15.2 Å². The Hall–Kier alpha value is -1.87. The van der Waals surface area contributed by atoms with E-state index in [4.69, 9.17) is 5.14 Å². The van der Waals surface area contributed by atoms with Crippen LogP contribution in [0, 0.1) is 11.6 Å². The van der Waals surface area contributed by atoms with E-state index in [0.29, 0.717) is 0 Å².